The molecule has 0 radical (unpaired) electrons. The van der Waals surface area contributed by atoms with Gasteiger partial charge in [0.15, 0.2) is 0 Å². The standard InChI is InChI=1S/C16H25N5O2.C2HF3O2/c1-20(2)15(22)19-11-13-5-3-6-16(23-13)7-10-21(12-16)14-17-8-4-9-18-14;3-2(4,5)1(6)7/h4,8-9,13H,3,5-7,10-12H2,1-2H3,(H,19,22);(H,6,7)/t13-,16-;/m1./s1. The smallest absolute Gasteiger partial charge is 0.475 e. The maximum absolute atomic E-state index is 11.7. The maximum atomic E-state index is 11.7. The second-order valence-electron chi connectivity index (χ2n) is 7.42. The number of halogens is 3. The van der Waals surface area contributed by atoms with Gasteiger partial charge in [-0.15, -0.1) is 0 Å². The molecule has 1 aromatic rings. The van der Waals surface area contributed by atoms with Crippen molar-refractivity contribution >= 4 is 17.9 Å². The van der Waals surface area contributed by atoms with E-state index in [1.165, 1.54) is 0 Å². The third-order valence-corrected chi connectivity index (χ3v) is 4.86. The van der Waals surface area contributed by atoms with Crippen LogP contribution in [-0.4, -0.2) is 83.6 Å². The zero-order valence-electron chi connectivity index (χ0n) is 16.9. The van der Waals surface area contributed by atoms with Crippen LogP contribution in [0.5, 0.6) is 0 Å². The van der Waals surface area contributed by atoms with Crippen molar-refractivity contribution in [3.8, 4) is 0 Å². The molecule has 9 nitrogen and oxygen atoms in total. The number of carbonyl (C=O) groups excluding carboxylic acids is 1. The molecule has 2 aliphatic rings. The van der Waals surface area contributed by atoms with Gasteiger partial charge >= 0.3 is 18.2 Å². The largest absolute Gasteiger partial charge is 0.490 e. The molecule has 1 aromatic heterocycles. The van der Waals surface area contributed by atoms with Gasteiger partial charge in [-0.2, -0.15) is 13.2 Å². The SMILES string of the molecule is CN(C)C(=O)NC[C@H]1CCC[C@]2(CCN(c3ncccn3)C2)O1.O=C(O)C(F)(F)F. The molecule has 0 saturated carbocycles. The van der Waals surface area contributed by atoms with Gasteiger partial charge < -0.3 is 25.0 Å². The number of aliphatic carboxylic acids is 1. The molecule has 3 heterocycles. The highest BCUT2D eigenvalue weighted by molar-refractivity contribution is 5.73. The molecule has 1 spiro atoms. The zero-order valence-corrected chi connectivity index (χ0v) is 16.9. The third-order valence-electron chi connectivity index (χ3n) is 4.86. The second kappa shape index (κ2) is 9.92. The Kier molecular flexibility index (Phi) is 7.82. The number of nitrogens with one attached hydrogen (secondary N) is 1. The lowest BCUT2D eigenvalue weighted by atomic mass is 9.90. The first kappa shape index (κ1) is 23.6. The molecule has 2 amide bonds. The van der Waals surface area contributed by atoms with Crippen LogP contribution in [0, 0.1) is 0 Å². The van der Waals surface area contributed by atoms with E-state index in [1.54, 1.807) is 31.4 Å². The average Bonchev–Trinajstić information content (AvgIpc) is 3.09. The van der Waals surface area contributed by atoms with Crippen LogP contribution in [0.25, 0.3) is 0 Å². The number of alkyl halides is 3. The first-order valence-corrected chi connectivity index (χ1v) is 9.47. The molecule has 0 aliphatic carbocycles. The van der Waals surface area contributed by atoms with Crippen molar-refractivity contribution in [2.45, 2.75) is 43.6 Å². The van der Waals surface area contributed by atoms with Crippen LogP contribution in [0.15, 0.2) is 18.5 Å². The van der Waals surface area contributed by atoms with Crippen LogP contribution in [0.2, 0.25) is 0 Å². The van der Waals surface area contributed by atoms with Gasteiger partial charge in [0.25, 0.3) is 0 Å². The number of carboxylic acids is 1. The van der Waals surface area contributed by atoms with Crippen LogP contribution in [0.4, 0.5) is 23.9 Å². The van der Waals surface area contributed by atoms with Crippen molar-refractivity contribution in [1.82, 2.24) is 20.2 Å². The molecular formula is C18H26F3N5O4. The van der Waals surface area contributed by atoms with Gasteiger partial charge in [-0.3, -0.25) is 0 Å². The molecule has 2 fully saturated rings. The minimum atomic E-state index is -5.08. The normalized spacial score (nSPS) is 23.5. The molecule has 0 aromatic carbocycles. The van der Waals surface area contributed by atoms with Gasteiger partial charge in [-0.25, -0.2) is 19.6 Å². The molecule has 3 rings (SSSR count). The monoisotopic (exact) mass is 433 g/mol. The van der Waals surface area contributed by atoms with E-state index in [9.17, 15) is 18.0 Å². The Bertz CT molecular complexity index is 720. The van der Waals surface area contributed by atoms with Crippen molar-refractivity contribution < 1.29 is 32.6 Å². The van der Waals surface area contributed by atoms with Gasteiger partial charge in [0.1, 0.15) is 0 Å². The molecule has 0 bridgehead atoms. The summed E-state index contributed by atoms with van der Waals surface area (Å²) >= 11 is 0. The van der Waals surface area contributed by atoms with Gasteiger partial charge in [0, 0.05) is 46.1 Å². The van der Waals surface area contributed by atoms with Crippen molar-refractivity contribution in [3.05, 3.63) is 18.5 Å². The predicted octanol–water partition coefficient (Wildman–Crippen LogP) is 1.90. The number of aromatic nitrogens is 2. The number of anilines is 1. The summed E-state index contributed by atoms with van der Waals surface area (Å²) in [4.78, 5) is 33.0. The first-order chi connectivity index (χ1) is 14.0. The minimum Gasteiger partial charge on any atom is -0.475 e. The summed E-state index contributed by atoms with van der Waals surface area (Å²) in [5.41, 5.74) is -0.120. The summed E-state index contributed by atoms with van der Waals surface area (Å²) in [6.45, 7) is 2.32. The van der Waals surface area contributed by atoms with E-state index in [0.717, 1.165) is 44.7 Å². The van der Waals surface area contributed by atoms with E-state index in [0.29, 0.717) is 6.54 Å². The summed E-state index contributed by atoms with van der Waals surface area (Å²) in [6.07, 6.45) is 2.73. The Morgan fingerprint density at radius 3 is 2.53 bits per heavy atom. The van der Waals surface area contributed by atoms with E-state index in [1.807, 2.05) is 6.07 Å². The van der Waals surface area contributed by atoms with Crippen LogP contribution >= 0.6 is 0 Å². The number of nitrogens with zero attached hydrogens (tertiary/aromatic N) is 4. The predicted molar refractivity (Wildman–Crippen MR) is 101 cm³/mol. The van der Waals surface area contributed by atoms with Crippen LogP contribution in [0.3, 0.4) is 0 Å². The lowest BCUT2D eigenvalue weighted by Gasteiger charge is -2.38. The first-order valence-electron chi connectivity index (χ1n) is 9.47. The van der Waals surface area contributed by atoms with E-state index in [4.69, 9.17) is 14.6 Å². The van der Waals surface area contributed by atoms with Crippen molar-refractivity contribution in [2.24, 2.45) is 0 Å². The van der Waals surface area contributed by atoms with Crippen LogP contribution < -0.4 is 10.2 Å². The molecule has 30 heavy (non-hydrogen) atoms. The Morgan fingerprint density at radius 2 is 1.97 bits per heavy atom. The Hall–Kier alpha value is -2.63. The lowest BCUT2D eigenvalue weighted by molar-refractivity contribution is -0.192. The summed E-state index contributed by atoms with van der Waals surface area (Å²) < 4.78 is 38.1. The molecule has 2 aliphatic heterocycles. The number of hydrogen-bond acceptors (Lipinski definition) is 6. The van der Waals surface area contributed by atoms with E-state index in [-0.39, 0.29) is 17.7 Å². The van der Waals surface area contributed by atoms with E-state index in [2.05, 4.69) is 20.2 Å². The van der Waals surface area contributed by atoms with Gasteiger partial charge in [-0.05, 0) is 31.7 Å². The fourth-order valence-corrected chi connectivity index (χ4v) is 3.40. The highest BCUT2D eigenvalue weighted by atomic mass is 19.4. The Labute approximate surface area is 172 Å². The van der Waals surface area contributed by atoms with Gasteiger partial charge in [0.05, 0.1) is 11.7 Å². The fourth-order valence-electron chi connectivity index (χ4n) is 3.40. The summed E-state index contributed by atoms with van der Waals surface area (Å²) in [6, 6.07) is 1.76. The lowest BCUT2D eigenvalue weighted by Crippen LogP contribution is -2.48. The second-order valence-corrected chi connectivity index (χ2v) is 7.42. The molecule has 2 atom stereocenters. The maximum Gasteiger partial charge on any atom is 0.490 e. The highest BCUT2D eigenvalue weighted by Crippen LogP contribution is 2.37. The topological polar surface area (TPSA) is 108 Å². The number of rotatable bonds is 3. The summed E-state index contributed by atoms with van der Waals surface area (Å²) in [5.74, 6) is -1.98. The Morgan fingerprint density at radius 1 is 1.33 bits per heavy atom. The third kappa shape index (κ3) is 6.71. The number of amides is 2. The van der Waals surface area contributed by atoms with Gasteiger partial charge in [-0.1, -0.05) is 0 Å². The molecule has 168 valence electrons. The van der Waals surface area contributed by atoms with Crippen molar-refractivity contribution in [2.75, 3.05) is 38.6 Å². The average molecular weight is 433 g/mol. The number of carbonyl (C=O) groups is 2. The molecule has 12 heteroatoms. The number of ether oxygens (including phenoxy) is 1. The van der Waals surface area contributed by atoms with Crippen LogP contribution in [0.1, 0.15) is 25.7 Å². The van der Waals surface area contributed by atoms with E-state index >= 15 is 0 Å². The number of hydrogen-bond donors (Lipinski definition) is 2. The molecule has 2 N–H and O–H groups in total. The summed E-state index contributed by atoms with van der Waals surface area (Å²) in [7, 11) is 3.49. The Balaban J connectivity index is 0.000000396. The zero-order chi connectivity index (χ0) is 22.4. The van der Waals surface area contributed by atoms with Gasteiger partial charge in [0.2, 0.25) is 5.95 Å². The number of carboxylic acid groups (broad SMARTS) is 1. The highest BCUT2D eigenvalue weighted by Gasteiger charge is 2.43. The fraction of sp³-hybridized carbons (Fsp3) is 0.667. The summed E-state index contributed by atoms with van der Waals surface area (Å²) in [5, 5.41) is 10.0. The van der Waals surface area contributed by atoms with Crippen molar-refractivity contribution in [1.29, 1.82) is 0 Å². The molecular weight excluding hydrogens is 407 g/mol. The van der Waals surface area contributed by atoms with E-state index < -0.39 is 12.1 Å². The minimum absolute atomic E-state index is 0.0704. The van der Waals surface area contributed by atoms with Crippen LogP contribution in [-0.2, 0) is 9.53 Å². The van der Waals surface area contributed by atoms with Crippen molar-refractivity contribution in [3.63, 3.8) is 0 Å². The molecule has 0 unspecified atom stereocenters. The quantitative estimate of drug-likeness (QED) is 0.750. The molecule has 2 saturated heterocycles. The number of urea groups is 1.